The van der Waals surface area contributed by atoms with Gasteiger partial charge in [-0.15, -0.1) is 16.4 Å². The number of thiazole rings is 1. The normalized spacial score (nSPS) is 18.4. The van der Waals surface area contributed by atoms with E-state index in [1.54, 1.807) is 28.4 Å². The van der Waals surface area contributed by atoms with Crippen LogP contribution in [0.15, 0.2) is 17.8 Å². The molecule has 0 aromatic carbocycles. The van der Waals surface area contributed by atoms with Gasteiger partial charge in [-0.3, -0.25) is 10.00 Å². The summed E-state index contributed by atoms with van der Waals surface area (Å²) in [5.74, 6) is 0.502. The molecule has 22 heavy (non-hydrogen) atoms. The average molecular weight is 320 g/mol. The molecule has 8 heteroatoms. The molecule has 0 aliphatic carbocycles. The number of hydrogen-bond donors (Lipinski definition) is 1. The number of nitrogens with zero attached hydrogens (tertiary/aromatic N) is 5. The maximum Gasteiger partial charge on any atom is 0.323 e. The van der Waals surface area contributed by atoms with Crippen molar-refractivity contribution in [1.82, 2.24) is 24.9 Å². The minimum atomic E-state index is -0.122. The Hall–Kier alpha value is -1.96. The summed E-state index contributed by atoms with van der Waals surface area (Å²) in [6, 6.07) is -0.0529. The largest absolute Gasteiger partial charge is 0.323 e. The van der Waals surface area contributed by atoms with Crippen LogP contribution in [0.4, 0.5) is 10.6 Å². The van der Waals surface area contributed by atoms with E-state index in [1.165, 1.54) is 0 Å². The van der Waals surface area contributed by atoms with E-state index in [1.807, 2.05) is 10.3 Å². The highest BCUT2D eigenvalue weighted by Gasteiger charge is 2.30. The second-order valence-corrected chi connectivity index (χ2v) is 6.30. The number of likely N-dealkylation sites (tertiary alicyclic amines) is 1. The molecule has 0 spiro atoms. The molecule has 0 saturated carbocycles. The van der Waals surface area contributed by atoms with Crippen LogP contribution in [0.2, 0.25) is 0 Å². The Morgan fingerprint density at radius 2 is 2.41 bits per heavy atom. The van der Waals surface area contributed by atoms with E-state index < -0.39 is 0 Å². The van der Waals surface area contributed by atoms with E-state index in [0.29, 0.717) is 5.82 Å². The van der Waals surface area contributed by atoms with Gasteiger partial charge in [0.25, 0.3) is 0 Å². The molecule has 1 aliphatic heterocycles. The lowest BCUT2D eigenvalue weighted by Crippen LogP contribution is -2.41. The third-order valence-electron chi connectivity index (χ3n) is 3.73. The van der Waals surface area contributed by atoms with Crippen LogP contribution < -0.4 is 5.32 Å². The van der Waals surface area contributed by atoms with Gasteiger partial charge in [-0.1, -0.05) is 12.1 Å². The maximum absolute atomic E-state index is 12.6. The summed E-state index contributed by atoms with van der Waals surface area (Å²) in [6.07, 6.45) is 7.65. The zero-order chi connectivity index (χ0) is 15.4. The van der Waals surface area contributed by atoms with E-state index in [0.717, 1.165) is 43.8 Å². The minimum Gasteiger partial charge on any atom is -0.315 e. The van der Waals surface area contributed by atoms with Gasteiger partial charge >= 0.3 is 6.03 Å². The van der Waals surface area contributed by atoms with Crippen LogP contribution in [0.3, 0.4) is 0 Å². The van der Waals surface area contributed by atoms with Crippen LogP contribution in [0.5, 0.6) is 0 Å². The maximum atomic E-state index is 12.6. The first-order valence-electron chi connectivity index (χ1n) is 7.65. The Morgan fingerprint density at radius 3 is 3.18 bits per heavy atom. The smallest absolute Gasteiger partial charge is 0.315 e. The van der Waals surface area contributed by atoms with Gasteiger partial charge in [0.2, 0.25) is 0 Å². The van der Waals surface area contributed by atoms with Crippen LogP contribution in [0, 0.1) is 0 Å². The van der Waals surface area contributed by atoms with Crippen LogP contribution in [0.25, 0.3) is 0 Å². The summed E-state index contributed by atoms with van der Waals surface area (Å²) in [7, 11) is 0. The number of nitrogens with one attached hydrogen (secondary N) is 1. The summed E-state index contributed by atoms with van der Waals surface area (Å²) in [5.41, 5.74) is 0. The summed E-state index contributed by atoms with van der Waals surface area (Å²) in [5, 5.41) is 13.8. The van der Waals surface area contributed by atoms with E-state index in [2.05, 4.69) is 27.5 Å². The van der Waals surface area contributed by atoms with Gasteiger partial charge in [0, 0.05) is 24.7 Å². The Bertz CT molecular complexity index is 611. The Morgan fingerprint density at radius 1 is 1.50 bits per heavy atom. The molecule has 1 fully saturated rings. The lowest BCUT2D eigenvalue weighted by Gasteiger charge is -2.34. The predicted octanol–water partition coefficient (Wildman–Crippen LogP) is 2.90. The Balaban J connectivity index is 1.69. The lowest BCUT2D eigenvalue weighted by molar-refractivity contribution is 0.163. The minimum absolute atomic E-state index is 0.0689. The van der Waals surface area contributed by atoms with Crippen LogP contribution >= 0.6 is 11.3 Å². The zero-order valence-corrected chi connectivity index (χ0v) is 13.4. The highest BCUT2D eigenvalue weighted by molar-refractivity contribution is 7.09. The van der Waals surface area contributed by atoms with Crippen molar-refractivity contribution < 1.29 is 4.79 Å². The average Bonchev–Trinajstić information content (AvgIpc) is 3.19. The van der Waals surface area contributed by atoms with Crippen molar-refractivity contribution >= 4 is 23.2 Å². The molecule has 1 saturated heterocycles. The molecule has 0 bridgehead atoms. The first kappa shape index (κ1) is 15.0. The molecule has 3 heterocycles. The van der Waals surface area contributed by atoms with Gasteiger partial charge in [-0.2, -0.15) is 0 Å². The molecule has 0 radical (unpaired) electrons. The lowest BCUT2D eigenvalue weighted by atomic mass is 10.0. The highest BCUT2D eigenvalue weighted by atomic mass is 32.1. The van der Waals surface area contributed by atoms with Gasteiger partial charge < -0.3 is 4.90 Å². The second kappa shape index (κ2) is 6.87. The molecular formula is C14H20N6OS. The number of carbonyl (C=O) groups excluding carboxylic acids is 1. The topological polar surface area (TPSA) is 75.9 Å². The summed E-state index contributed by atoms with van der Waals surface area (Å²) >= 11 is 1.60. The standard InChI is InChI=1S/C14H20N6OS/c1-2-7-19-10-12(17-18-19)16-14(21)20-8-4-3-5-11(20)13-15-6-9-22-13/h6,9-11H,2-5,7-8H2,1H3,(H,16,21)/t11-/m1/s1. The SMILES string of the molecule is CCCn1cc(NC(=O)N2CCCC[C@@H]2c2nccs2)nn1. The summed E-state index contributed by atoms with van der Waals surface area (Å²) in [6.45, 7) is 3.62. The molecule has 1 N–H and O–H groups in total. The van der Waals surface area contributed by atoms with Gasteiger partial charge in [0.15, 0.2) is 5.82 Å². The molecule has 2 amide bonds. The molecule has 1 atom stereocenters. The molecule has 118 valence electrons. The second-order valence-electron chi connectivity index (χ2n) is 5.37. The number of carbonyl (C=O) groups is 1. The fraction of sp³-hybridized carbons (Fsp3) is 0.571. The molecular weight excluding hydrogens is 300 g/mol. The van der Waals surface area contributed by atoms with Crippen LogP contribution in [-0.2, 0) is 6.54 Å². The van der Waals surface area contributed by atoms with Gasteiger partial charge in [-0.05, 0) is 25.7 Å². The van der Waals surface area contributed by atoms with Crippen molar-refractivity contribution in [2.24, 2.45) is 0 Å². The van der Waals surface area contributed by atoms with Crippen molar-refractivity contribution in [1.29, 1.82) is 0 Å². The van der Waals surface area contributed by atoms with Crippen molar-refractivity contribution in [2.75, 3.05) is 11.9 Å². The monoisotopic (exact) mass is 320 g/mol. The molecule has 0 unspecified atom stereocenters. The number of anilines is 1. The Labute approximate surface area is 133 Å². The van der Waals surface area contributed by atoms with E-state index >= 15 is 0 Å². The molecule has 1 aliphatic rings. The fourth-order valence-corrected chi connectivity index (χ4v) is 3.49. The summed E-state index contributed by atoms with van der Waals surface area (Å²) < 4.78 is 1.74. The number of urea groups is 1. The third-order valence-corrected chi connectivity index (χ3v) is 4.60. The van der Waals surface area contributed by atoms with E-state index in [9.17, 15) is 4.79 Å². The predicted molar refractivity (Wildman–Crippen MR) is 84.7 cm³/mol. The fourth-order valence-electron chi connectivity index (χ4n) is 2.71. The number of rotatable bonds is 4. The first-order valence-corrected chi connectivity index (χ1v) is 8.53. The zero-order valence-electron chi connectivity index (χ0n) is 12.6. The highest BCUT2D eigenvalue weighted by Crippen LogP contribution is 2.32. The van der Waals surface area contributed by atoms with Crippen molar-refractivity contribution in [2.45, 2.75) is 45.2 Å². The molecule has 2 aromatic heterocycles. The quantitative estimate of drug-likeness (QED) is 0.940. The summed E-state index contributed by atoms with van der Waals surface area (Å²) in [4.78, 5) is 18.8. The van der Waals surface area contributed by atoms with Crippen molar-refractivity contribution in [3.05, 3.63) is 22.8 Å². The van der Waals surface area contributed by atoms with Gasteiger partial charge in [-0.25, -0.2) is 9.78 Å². The molecule has 2 aromatic rings. The third kappa shape index (κ3) is 3.27. The Kier molecular flexibility index (Phi) is 4.67. The van der Waals surface area contributed by atoms with E-state index in [-0.39, 0.29) is 12.1 Å². The number of aryl methyl sites for hydroxylation is 1. The molecule has 3 rings (SSSR count). The number of hydrogen-bond acceptors (Lipinski definition) is 5. The van der Waals surface area contributed by atoms with Gasteiger partial charge in [0.05, 0.1) is 12.2 Å². The van der Waals surface area contributed by atoms with Crippen molar-refractivity contribution in [3.8, 4) is 0 Å². The van der Waals surface area contributed by atoms with Crippen LogP contribution in [0.1, 0.15) is 43.7 Å². The van der Waals surface area contributed by atoms with Gasteiger partial charge in [0.1, 0.15) is 5.01 Å². The molecule has 7 nitrogen and oxygen atoms in total. The van der Waals surface area contributed by atoms with Crippen molar-refractivity contribution in [3.63, 3.8) is 0 Å². The first-order chi connectivity index (χ1) is 10.8. The number of amides is 2. The number of aromatic nitrogens is 4. The number of piperidine rings is 1. The van der Waals surface area contributed by atoms with Crippen LogP contribution in [-0.4, -0.2) is 37.5 Å². The van der Waals surface area contributed by atoms with E-state index in [4.69, 9.17) is 0 Å².